The summed E-state index contributed by atoms with van der Waals surface area (Å²) in [4.78, 5) is 24.1. The van der Waals surface area contributed by atoms with Gasteiger partial charge in [-0.2, -0.15) is 5.10 Å². The van der Waals surface area contributed by atoms with E-state index in [9.17, 15) is 9.59 Å². The molecular weight excluding hydrogens is 378 g/mol. The predicted molar refractivity (Wildman–Crippen MR) is 107 cm³/mol. The Balaban J connectivity index is 1.88. The molecule has 0 aliphatic rings. The Morgan fingerprint density at radius 3 is 2.07 bits per heavy atom. The summed E-state index contributed by atoms with van der Waals surface area (Å²) in [5, 5.41) is 6.38. The van der Waals surface area contributed by atoms with Crippen LogP contribution in [0.1, 0.15) is 15.9 Å². The van der Waals surface area contributed by atoms with Crippen molar-refractivity contribution in [3.63, 3.8) is 0 Å². The predicted octanol–water partition coefficient (Wildman–Crippen LogP) is 1.60. The Kier molecular flexibility index (Phi) is 7.84. The summed E-state index contributed by atoms with van der Waals surface area (Å²) in [5.41, 5.74) is 3.39. The van der Waals surface area contributed by atoms with Crippen LogP contribution in [0, 0.1) is 0 Å². The summed E-state index contributed by atoms with van der Waals surface area (Å²) in [6, 6.07) is 9.92. The van der Waals surface area contributed by atoms with E-state index in [1.807, 2.05) is 0 Å². The number of nitrogens with one attached hydrogen (secondary N) is 2. The molecule has 9 nitrogen and oxygen atoms in total. The molecule has 2 rings (SSSR count). The lowest BCUT2D eigenvalue weighted by atomic mass is 10.2. The van der Waals surface area contributed by atoms with E-state index in [1.165, 1.54) is 33.6 Å². The molecule has 2 aromatic rings. The van der Waals surface area contributed by atoms with E-state index in [1.54, 1.807) is 37.4 Å². The monoisotopic (exact) mass is 401 g/mol. The maximum Gasteiger partial charge on any atom is 0.259 e. The minimum atomic E-state index is -0.476. The topological polar surface area (TPSA) is 107 Å². The minimum Gasteiger partial charge on any atom is -0.493 e. The number of methoxy groups -OCH3 is 4. The number of amides is 2. The molecule has 2 amide bonds. The molecule has 0 fully saturated rings. The van der Waals surface area contributed by atoms with Crippen molar-refractivity contribution in [2.24, 2.45) is 5.10 Å². The quantitative estimate of drug-likeness (QED) is 0.488. The Bertz CT molecular complexity index is 898. The maximum absolute atomic E-state index is 12.2. The molecule has 2 aromatic carbocycles. The van der Waals surface area contributed by atoms with Crippen molar-refractivity contribution in [3.8, 4) is 23.0 Å². The van der Waals surface area contributed by atoms with Crippen molar-refractivity contribution >= 4 is 18.0 Å². The summed E-state index contributed by atoms with van der Waals surface area (Å²) < 4.78 is 20.6. The molecule has 0 bridgehead atoms. The highest BCUT2D eigenvalue weighted by atomic mass is 16.5. The number of rotatable bonds is 9. The third-order valence-corrected chi connectivity index (χ3v) is 3.87. The van der Waals surface area contributed by atoms with E-state index < -0.39 is 11.8 Å². The van der Waals surface area contributed by atoms with E-state index in [4.69, 9.17) is 18.9 Å². The van der Waals surface area contributed by atoms with Gasteiger partial charge in [0.1, 0.15) is 0 Å². The number of hydrogen-bond acceptors (Lipinski definition) is 7. The van der Waals surface area contributed by atoms with Gasteiger partial charge in [-0.3, -0.25) is 9.59 Å². The zero-order chi connectivity index (χ0) is 21.2. The molecule has 0 saturated heterocycles. The van der Waals surface area contributed by atoms with Crippen LogP contribution < -0.4 is 29.7 Å². The highest BCUT2D eigenvalue weighted by Gasteiger charge is 2.11. The van der Waals surface area contributed by atoms with Crippen molar-refractivity contribution in [2.45, 2.75) is 0 Å². The van der Waals surface area contributed by atoms with Gasteiger partial charge in [0.25, 0.3) is 11.8 Å². The van der Waals surface area contributed by atoms with E-state index in [-0.39, 0.29) is 6.54 Å². The van der Waals surface area contributed by atoms with Crippen LogP contribution in [0.3, 0.4) is 0 Å². The van der Waals surface area contributed by atoms with Crippen LogP contribution in [0.25, 0.3) is 0 Å². The Morgan fingerprint density at radius 2 is 1.45 bits per heavy atom. The van der Waals surface area contributed by atoms with Gasteiger partial charge >= 0.3 is 0 Å². The fourth-order valence-electron chi connectivity index (χ4n) is 2.39. The molecule has 2 N–H and O–H groups in total. The lowest BCUT2D eigenvalue weighted by Crippen LogP contribution is -2.34. The van der Waals surface area contributed by atoms with Crippen molar-refractivity contribution in [3.05, 3.63) is 47.5 Å². The molecule has 0 atom stereocenters. The van der Waals surface area contributed by atoms with E-state index in [0.29, 0.717) is 34.1 Å². The summed E-state index contributed by atoms with van der Waals surface area (Å²) in [6.45, 7) is -0.240. The highest BCUT2D eigenvalue weighted by molar-refractivity contribution is 5.97. The summed E-state index contributed by atoms with van der Waals surface area (Å²) in [5.74, 6) is 1.16. The lowest BCUT2D eigenvalue weighted by molar-refractivity contribution is -0.120. The van der Waals surface area contributed by atoms with Crippen LogP contribution in [0.4, 0.5) is 0 Å². The molecule has 0 saturated carbocycles. The van der Waals surface area contributed by atoms with Gasteiger partial charge in [0.05, 0.1) is 41.2 Å². The maximum atomic E-state index is 12.2. The normalized spacial score (nSPS) is 10.3. The number of hydrazone groups is 1. The molecule has 0 aliphatic heterocycles. The molecule has 0 aromatic heterocycles. The summed E-state index contributed by atoms with van der Waals surface area (Å²) in [7, 11) is 6.05. The first-order chi connectivity index (χ1) is 14.0. The lowest BCUT2D eigenvalue weighted by Gasteiger charge is -2.09. The van der Waals surface area contributed by atoms with Crippen molar-refractivity contribution in [1.82, 2.24) is 10.7 Å². The van der Waals surface area contributed by atoms with Crippen LogP contribution in [0.2, 0.25) is 0 Å². The average molecular weight is 401 g/mol. The van der Waals surface area contributed by atoms with E-state index >= 15 is 0 Å². The zero-order valence-corrected chi connectivity index (χ0v) is 16.6. The van der Waals surface area contributed by atoms with Gasteiger partial charge in [-0.1, -0.05) is 0 Å². The van der Waals surface area contributed by atoms with E-state index in [0.717, 1.165) is 0 Å². The fourth-order valence-corrected chi connectivity index (χ4v) is 2.39. The molecule has 154 valence electrons. The van der Waals surface area contributed by atoms with Crippen molar-refractivity contribution in [2.75, 3.05) is 35.0 Å². The second-order valence-electron chi connectivity index (χ2n) is 5.66. The number of carbonyl (C=O) groups excluding carboxylic acids is 2. The Labute approximate surface area is 168 Å². The Hall–Kier alpha value is -3.75. The Morgan fingerprint density at radius 1 is 0.862 bits per heavy atom. The first-order valence-electron chi connectivity index (χ1n) is 8.56. The molecule has 0 radical (unpaired) electrons. The average Bonchev–Trinajstić information content (AvgIpc) is 2.76. The highest BCUT2D eigenvalue weighted by Crippen LogP contribution is 2.28. The molecule has 0 unspecified atom stereocenters. The van der Waals surface area contributed by atoms with Gasteiger partial charge in [0.15, 0.2) is 23.0 Å². The van der Waals surface area contributed by atoms with Crippen molar-refractivity contribution in [1.29, 1.82) is 0 Å². The van der Waals surface area contributed by atoms with E-state index in [2.05, 4.69) is 15.8 Å². The largest absolute Gasteiger partial charge is 0.493 e. The van der Waals surface area contributed by atoms with Gasteiger partial charge in [0, 0.05) is 5.56 Å². The molecular formula is C20H23N3O6. The van der Waals surface area contributed by atoms with Gasteiger partial charge in [-0.05, 0) is 42.0 Å². The van der Waals surface area contributed by atoms with Gasteiger partial charge < -0.3 is 24.3 Å². The third-order valence-electron chi connectivity index (χ3n) is 3.87. The molecule has 0 spiro atoms. The van der Waals surface area contributed by atoms with Crippen LogP contribution in [-0.4, -0.2) is 53.0 Å². The zero-order valence-electron chi connectivity index (χ0n) is 16.6. The second-order valence-corrected chi connectivity index (χ2v) is 5.66. The number of benzene rings is 2. The SMILES string of the molecule is COc1ccc(/C=N\NC(=O)CNC(=O)c2ccc(OC)c(OC)c2)cc1OC. The first-order valence-corrected chi connectivity index (χ1v) is 8.56. The summed E-state index contributed by atoms with van der Waals surface area (Å²) >= 11 is 0. The minimum absolute atomic E-state index is 0.240. The number of carbonyl (C=O) groups is 2. The number of nitrogens with zero attached hydrogens (tertiary/aromatic N) is 1. The summed E-state index contributed by atoms with van der Waals surface area (Å²) in [6.07, 6.45) is 1.45. The standard InChI is InChI=1S/C20H23N3O6/c1-26-15-7-5-13(9-17(15)28-3)11-22-23-19(24)12-21-20(25)14-6-8-16(27-2)18(10-14)29-4/h5-11H,12H2,1-4H3,(H,21,25)(H,23,24)/b22-11-. The van der Waals surface area contributed by atoms with Crippen molar-refractivity contribution < 1.29 is 28.5 Å². The van der Waals surface area contributed by atoms with Crippen LogP contribution in [-0.2, 0) is 4.79 Å². The van der Waals surface area contributed by atoms with Crippen LogP contribution in [0.15, 0.2) is 41.5 Å². The fraction of sp³-hybridized carbons (Fsp3) is 0.250. The van der Waals surface area contributed by atoms with Crippen LogP contribution in [0.5, 0.6) is 23.0 Å². The van der Waals surface area contributed by atoms with Gasteiger partial charge in [-0.25, -0.2) is 5.43 Å². The second kappa shape index (κ2) is 10.5. The molecule has 0 heterocycles. The third kappa shape index (κ3) is 5.86. The first kappa shape index (κ1) is 21.5. The number of hydrogen-bond donors (Lipinski definition) is 2. The molecule has 9 heteroatoms. The molecule has 0 aliphatic carbocycles. The number of ether oxygens (including phenoxy) is 4. The van der Waals surface area contributed by atoms with Gasteiger partial charge in [0.2, 0.25) is 0 Å². The van der Waals surface area contributed by atoms with Gasteiger partial charge in [-0.15, -0.1) is 0 Å². The smallest absolute Gasteiger partial charge is 0.259 e. The molecule has 29 heavy (non-hydrogen) atoms. The van der Waals surface area contributed by atoms with Crippen LogP contribution >= 0.6 is 0 Å².